The number of nitrogens with one attached hydrogen (secondary N) is 1. The molecule has 0 aliphatic heterocycles. The summed E-state index contributed by atoms with van der Waals surface area (Å²) in [6.45, 7) is 8.02. The first-order valence-electron chi connectivity index (χ1n) is 11.8. The maximum Gasteiger partial charge on any atom is 0.261 e. The molecule has 2 amide bonds. The predicted octanol–water partition coefficient (Wildman–Crippen LogP) is 5.61. The van der Waals surface area contributed by atoms with Crippen molar-refractivity contribution < 1.29 is 14.3 Å². The van der Waals surface area contributed by atoms with Gasteiger partial charge in [0.2, 0.25) is 5.91 Å². The van der Waals surface area contributed by atoms with Crippen molar-refractivity contribution in [3.8, 4) is 5.75 Å². The van der Waals surface area contributed by atoms with Gasteiger partial charge in [0.25, 0.3) is 5.91 Å². The molecule has 0 bridgehead atoms. The highest BCUT2D eigenvalue weighted by Crippen LogP contribution is 2.19. The zero-order valence-electron chi connectivity index (χ0n) is 20.8. The van der Waals surface area contributed by atoms with E-state index in [1.54, 1.807) is 4.90 Å². The van der Waals surface area contributed by atoms with Crippen LogP contribution < -0.4 is 10.1 Å². The van der Waals surface area contributed by atoms with Crippen molar-refractivity contribution in [1.29, 1.82) is 0 Å². The maximum atomic E-state index is 13.6. The van der Waals surface area contributed by atoms with Crippen molar-refractivity contribution in [3.63, 3.8) is 0 Å². The third-order valence-corrected chi connectivity index (χ3v) is 6.34. The average molecular weight is 537 g/mol. The Morgan fingerprint density at radius 1 is 0.914 bits per heavy atom. The molecule has 0 saturated heterocycles. The Labute approximate surface area is 216 Å². The van der Waals surface area contributed by atoms with Gasteiger partial charge < -0.3 is 15.0 Å². The lowest BCUT2D eigenvalue weighted by molar-refractivity contribution is -0.143. The lowest BCUT2D eigenvalue weighted by Crippen LogP contribution is -2.52. The Hall–Kier alpha value is -3.12. The van der Waals surface area contributed by atoms with Crippen LogP contribution in [0.3, 0.4) is 0 Å². The molecule has 0 aliphatic rings. The number of rotatable bonds is 10. The van der Waals surface area contributed by atoms with Crippen LogP contribution in [0.2, 0.25) is 0 Å². The van der Waals surface area contributed by atoms with Crippen molar-refractivity contribution in [1.82, 2.24) is 10.2 Å². The SMILES string of the molecule is Cc1ccc(OCC(=O)N(Cc2ccc(Br)cc2)C(Cc2ccccc2)C(=O)NC(C)C)cc1C. The van der Waals surface area contributed by atoms with Gasteiger partial charge in [-0.2, -0.15) is 0 Å². The normalized spacial score (nSPS) is 11.7. The molecule has 0 aromatic heterocycles. The summed E-state index contributed by atoms with van der Waals surface area (Å²) in [5.41, 5.74) is 4.18. The Kier molecular flexibility index (Phi) is 9.49. The van der Waals surface area contributed by atoms with Gasteiger partial charge in [0.15, 0.2) is 6.61 Å². The molecule has 1 N–H and O–H groups in total. The molecular weight excluding hydrogens is 504 g/mol. The van der Waals surface area contributed by atoms with Gasteiger partial charge in [-0.1, -0.05) is 64.5 Å². The minimum Gasteiger partial charge on any atom is -0.484 e. The van der Waals surface area contributed by atoms with Gasteiger partial charge in [-0.25, -0.2) is 0 Å². The van der Waals surface area contributed by atoms with Crippen molar-refractivity contribution in [3.05, 3.63) is 99.5 Å². The highest BCUT2D eigenvalue weighted by atomic mass is 79.9. The summed E-state index contributed by atoms with van der Waals surface area (Å²) in [6.07, 6.45) is 0.408. The molecule has 1 atom stereocenters. The summed E-state index contributed by atoms with van der Waals surface area (Å²) in [6, 6.07) is 22.6. The number of halogens is 1. The first-order chi connectivity index (χ1) is 16.7. The van der Waals surface area contributed by atoms with Gasteiger partial charge in [-0.15, -0.1) is 0 Å². The highest BCUT2D eigenvalue weighted by Gasteiger charge is 2.31. The van der Waals surface area contributed by atoms with E-state index in [4.69, 9.17) is 4.74 Å². The van der Waals surface area contributed by atoms with Gasteiger partial charge in [-0.3, -0.25) is 9.59 Å². The van der Waals surface area contributed by atoms with Crippen LogP contribution in [-0.4, -0.2) is 35.4 Å². The van der Waals surface area contributed by atoms with E-state index < -0.39 is 6.04 Å². The molecule has 3 aromatic rings. The third kappa shape index (κ3) is 7.96. The number of amides is 2. The summed E-state index contributed by atoms with van der Waals surface area (Å²) in [4.78, 5) is 28.6. The van der Waals surface area contributed by atoms with Crippen molar-refractivity contribution >= 4 is 27.7 Å². The molecular formula is C29H33BrN2O3. The first kappa shape index (κ1) is 26.5. The van der Waals surface area contributed by atoms with E-state index in [1.807, 2.05) is 100 Å². The van der Waals surface area contributed by atoms with E-state index in [1.165, 1.54) is 0 Å². The quantitative estimate of drug-likeness (QED) is 0.366. The topological polar surface area (TPSA) is 58.6 Å². The van der Waals surface area contributed by atoms with Crippen LogP contribution in [-0.2, 0) is 22.6 Å². The van der Waals surface area contributed by atoms with Crippen LogP contribution in [0, 0.1) is 13.8 Å². The van der Waals surface area contributed by atoms with E-state index in [2.05, 4.69) is 21.2 Å². The van der Waals surface area contributed by atoms with Crippen LogP contribution >= 0.6 is 15.9 Å². The summed E-state index contributed by atoms with van der Waals surface area (Å²) in [7, 11) is 0. The van der Waals surface area contributed by atoms with Crippen molar-refractivity contribution in [2.75, 3.05) is 6.61 Å². The van der Waals surface area contributed by atoms with E-state index in [9.17, 15) is 9.59 Å². The number of carbonyl (C=O) groups is 2. The second-order valence-electron chi connectivity index (χ2n) is 9.05. The van der Waals surface area contributed by atoms with Crippen LogP contribution in [0.5, 0.6) is 5.75 Å². The van der Waals surface area contributed by atoms with Crippen LogP contribution in [0.4, 0.5) is 0 Å². The third-order valence-electron chi connectivity index (χ3n) is 5.81. The Balaban J connectivity index is 1.90. The number of benzene rings is 3. The molecule has 1 unspecified atom stereocenters. The number of ether oxygens (including phenoxy) is 1. The number of nitrogens with zero attached hydrogens (tertiary/aromatic N) is 1. The lowest BCUT2D eigenvalue weighted by atomic mass is 10.0. The minimum atomic E-state index is -0.681. The molecule has 5 nitrogen and oxygen atoms in total. The van der Waals surface area contributed by atoms with Crippen LogP contribution in [0.1, 0.15) is 36.1 Å². The van der Waals surface area contributed by atoms with E-state index in [0.717, 1.165) is 26.7 Å². The lowest BCUT2D eigenvalue weighted by Gasteiger charge is -2.32. The number of aryl methyl sites for hydroxylation is 2. The van der Waals surface area contributed by atoms with Crippen molar-refractivity contribution in [2.45, 2.75) is 52.7 Å². The number of hydrogen-bond acceptors (Lipinski definition) is 3. The van der Waals surface area contributed by atoms with Crippen molar-refractivity contribution in [2.24, 2.45) is 0 Å². The smallest absolute Gasteiger partial charge is 0.261 e. The van der Waals surface area contributed by atoms with Gasteiger partial charge >= 0.3 is 0 Å². The molecule has 0 saturated carbocycles. The van der Waals surface area contributed by atoms with Gasteiger partial charge in [0, 0.05) is 23.5 Å². The Morgan fingerprint density at radius 3 is 2.23 bits per heavy atom. The molecule has 0 heterocycles. The Morgan fingerprint density at radius 2 is 1.60 bits per heavy atom. The second-order valence-corrected chi connectivity index (χ2v) is 9.97. The molecule has 0 spiro atoms. The van der Waals surface area contributed by atoms with Gasteiger partial charge in [0.05, 0.1) is 0 Å². The summed E-state index contributed by atoms with van der Waals surface area (Å²) >= 11 is 3.46. The molecule has 184 valence electrons. The molecule has 35 heavy (non-hydrogen) atoms. The van der Waals surface area contributed by atoms with Gasteiger partial charge in [-0.05, 0) is 74.2 Å². The zero-order chi connectivity index (χ0) is 25.4. The van der Waals surface area contributed by atoms with Crippen LogP contribution in [0.15, 0.2) is 77.3 Å². The molecule has 6 heteroatoms. The largest absolute Gasteiger partial charge is 0.484 e. The number of carbonyl (C=O) groups excluding carboxylic acids is 2. The molecule has 3 aromatic carbocycles. The maximum absolute atomic E-state index is 13.6. The van der Waals surface area contributed by atoms with E-state index in [0.29, 0.717) is 18.7 Å². The summed E-state index contributed by atoms with van der Waals surface area (Å²) < 4.78 is 6.83. The standard InChI is InChI=1S/C29H33BrN2O3/c1-20(2)31-29(34)27(17-23-8-6-5-7-9-23)32(18-24-11-13-25(30)14-12-24)28(33)19-35-26-15-10-21(3)22(4)16-26/h5-16,20,27H,17-19H2,1-4H3,(H,31,34). The molecule has 0 fully saturated rings. The van der Waals surface area contributed by atoms with E-state index >= 15 is 0 Å². The minimum absolute atomic E-state index is 0.0443. The summed E-state index contributed by atoms with van der Waals surface area (Å²) in [5, 5.41) is 3.00. The highest BCUT2D eigenvalue weighted by molar-refractivity contribution is 9.10. The first-order valence-corrected chi connectivity index (χ1v) is 12.6. The fourth-order valence-corrected chi connectivity index (χ4v) is 4.02. The monoisotopic (exact) mass is 536 g/mol. The molecule has 0 radical (unpaired) electrons. The summed E-state index contributed by atoms with van der Waals surface area (Å²) in [5.74, 6) is 0.211. The van der Waals surface area contributed by atoms with E-state index in [-0.39, 0.29) is 24.5 Å². The number of hydrogen-bond donors (Lipinski definition) is 1. The zero-order valence-corrected chi connectivity index (χ0v) is 22.3. The fraction of sp³-hybridized carbons (Fsp3) is 0.310. The fourth-order valence-electron chi connectivity index (χ4n) is 3.75. The average Bonchev–Trinajstić information content (AvgIpc) is 2.83. The van der Waals surface area contributed by atoms with Gasteiger partial charge in [0.1, 0.15) is 11.8 Å². The predicted molar refractivity (Wildman–Crippen MR) is 143 cm³/mol. The van der Waals surface area contributed by atoms with Crippen LogP contribution in [0.25, 0.3) is 0 Å². The molecule has 0 aliphatic carbocycles. The molecule has 3 rings (SSSR count). The Bertz CT molecular complexity index is 1130. The second kappa shape index (κ2) is 12.5.